The van der Waals surface area contributed by atoms with Crippen LogP contribution in [-0.4, -0.2) is 24.8 Å². The van der Waals surface area contributed by atoms with Crippen molar-refractivity contribution in [3.8, 4) is 6.07 Å². The summed E-state index contributed by atoms with van der Waals surface area (Å²) in [6.07, 6.45) is 2.32. The van der Waals surface area contributed by atoms with Gasteiger partial charge in [-0.15, -0.1) is 0 Å². The lowest BCUT2D eigenvalue weighted by Gasteiger charge is -2.13. The van der Waals surface area contributed by atoms with Gasteiger partial charge >= 0.3 is 0 Å². The van der Waals surface area contributed by atoms with Crippen molar-refractivity contribution in [2.24, 2.45) is 4.99 Å². The van der Waals surface area contributed by atoms with Crippen molar-refractivity contribution in [2.45, 2.75) is 20.3 Å². The summed E-state index contributed by atoms with van der Waals surface area (Å²) >= 11 is 0. The summed E-state index contributed by atoms with van der Waals surface area (Å²) in [7, 11) is 1.95. The van der Waals surface area contributed by atoms with Gasteiger partial charge in [0.15, 0.2) is 0 Å². The standard InChI is InChI=1S/C19H20FN3/c1-4-23(3)13-22-19-14(2)8-16(12-21)10-17(19)9-15-6-5-7-18(20)11-15/h5-8,10-11,13H,4,9H2,1-3H3. The molecule has 0 unspecified atom stereocenters. The second-order valence-corrected chi connectivity index (χ2v) is 5.54. The van der Waals surface area contributed by atoms with Gasteiger partial charge in [0.2, 0.25) is 0 Å². The van der Waals surface area contributed by atoms with Crippen LogP contribution in [-0.2, 0) is 6.42 Å². The lowest BCUT2D eigenvalue weighted by molar-refractivity contribution is 0.552. The van der Waals surface area contributed by atoms with E-state index < -0.39 is 0 Å². The molecular weight excluding hydrogens is 289 g/mol. The number of aryl methyl sites for hydroxylation is 1. The molecule has 2 aromatic carbocycles. The van der Waals surface area contributed by atoms with Crippen LogP contribution in [0.2, 0.25) is 0 Å². The Morgan fingerprint density at radius 3 is 2.74 bits per heavy atom. The molecule has 0 bridgehead atoms. The van der Waals surface area contributed by atoms with Crippen molar-refractivity contribution in [1.82, 2.24) is 4.90 Å². The average molecular weight is 309 g/mol. The first-order chi connectivity index (χ1) is 11.0. The highest BCUT2D eigenvalue weighted by atomic mass is 19.1. The zero-order valence-electron chi connectivity index (χ0n) is 13.7. The molecule has 0 amide bonds. The first-order valence-electron chi connectivity index (χ1n) is 7.56. The summed E-state index contributed by atoms with van der Waals surface area (Å²) in [5.74, 6) is -0.258. The quantitative estimate of drug-likeness (QED) is 0.613. The first kappa shape index (κ1) is 16.7. The maximum atomic E-state index is 13.4. The van der Waals surface area contributed by atoms with E-state index >= 15 is 0 Å². The van der Waals surface area contributed by atoms with Crippen molar-refractivity contribution in [3.05, 3.63) is 64.5 Å². The van der Waals surface area contributed by atoms with Gasteiger partial charge in [0.25, 0.3) is 0 Å². The zero-order valence-corrected chi connectivity index (χ0v) is 13.7. The molecule has 3 nitrogen and oxygen atoms in total. The molecule has 2 rings (SSSR count). The number of aliphatic imine (C=N–C) groups is 1. The summed E-state index contributed by atoms with van der Waals surface area (Å²) in [4.78, 5) is 6.54. The third-order valence-electron chi connectivity index (χ3n) is 3.67. The molecule has 0 saturated carbocycles. The Kier molecular flexibility index (Phi) is 5.48. The molecule has 0 aliphatic heterocycles. The fourth-order valence-corrected chi connectivity index (χ4v) is 2.34. The highest BCUT2D eigenvalue weighted by molar-refractivity contribution is 5.67. The topological polar surface area (TPSA) is 39.4 Å². The number of halogens is 1. The lowest BCUT2D eigenvalue weighted by Crippen LogP contribution is -2.14. The second kappa shape index (κ2) is 7.55. The minimum Gasteiger partial charge on any atom is -0.366 e. The van der Waals surface area contributed by atoms with E-state index in [4.69, 9.17) is 0 Å². The second-order valence-electron chi connectivity index (χ2n) is 5.54. The third-order valence-corrected chi connectivity index (χ3v) is 3.67. The van der Waals surface area contributed by atoms with Crippen LogP contribution >= 0.6 is 0 Å². The molecule has 0 fully saturated rings. The van der Waals surface area contributed by atoms with Crippen LogP contribution < -0.4 is 0 Å². The van der Waals surface area contributed by atoms with E-state index in [0.29, 0.717) is 12.0 Å². The van der Waals surface area contributed by atoms with Gasteiger partial charge in [-0.1, -0.05) is 12.1 Å². The molecule has 2 aromatic rings. The summed E-state index contributed by atoms with van der Waals surface area (Å²) in [5.41, 5.74) is 4.16. The first-order valence-corrected chi connectivity index (χ1v) is 7.56. The molecule has 23 heavy (non-hydrogen) atoms. The highest BCUT2D eigenvalue weighted by Gasteiger charge is 2.09. The molecular formula is C19H20FN3. The largest absolute Gasteiger partial charge is 0.366 e. The average Bonchev–Trinajstić information content (AvgIpc) is 2.53. The Hall–Kier alpha value is -2.67. The van der Waals surface area contributed by atoms with E-state index in [1.54, 1.807) is 12.4 Å². The predicted octanol–water partition coefficient (Wildman–Crippen LogP) is 4.21. The summed E-state index contributed by atoms with van der Waals surface area (Å²) in [6.45, 7) is 4.85. The molecule has 0 aromatic heterocycles. The third kappa shape index (κ3) is 4.40. The molecule has 0 atom stereocenters. The Balaban J connectivity index is 2.44. The van der Waals surface area contributed by atoms with Crippen LogP contribution in [0.1, 0.15) is 29.2 Å². The molecule has 0 aliphatic rings. The van der Waals surface area contributed by atoms with E-state index in [9.17, 15) is 9.65 Å². The molecule has 0 spiro atoms. The lowest BCUT2D eigenvalue weighted by atomic mass is 9.98. The molecule has 118 valence electrons. The van der Waals surface area contributed by atoms with Crippen LogP contribution in [0.3, 0.4) is 0 Å². The van der Waals surface area contributed by atoms with Crippen LogP contribution in [0.15, 0.2) is 41.4 Å². The molecule has 4 heteroatoms. The molecule has 0 aliphatic carbocycles. The van der Waals surface area contributed by atoms with Crippen LogP contribution in [0, 0.1) is 24.1 Å². The maximum absolute atomic E-state index is 13.4. The summed E-state index contributed by atoms with van der Waals surface area (Å²) < 4.78 is 13.4. The molecule has 0 radical (unpaired) electrons. The molecule has 0 N–H and O–H groups in total. The van der Waals surface area contributed by atoms with Gasteiger partial charge in [-0.25, -0.2) is 9.38 Å². The molecule has 0 heterocycles. The van der Waals surface area contributed by atoms with Crippen molar-refractivity contribution in [1.29, 1.82) is 5.26 Å². The van der Waals surface area contributed by atoms with Gasteiger partial charge in [-0.05, 0) is 61.2 Å². The summed E-state index contributed by atoms with van der Waals surface area (Å²) in [6, 6.07) is 12.3. The van der Waals surface area contributed by atoms with E-state index in [0.717, 1.165) is 28.9 Å². The van der Waals surface area contributed by atoms with Gasteiger partial charge in [-0.2, -0.15) is 5.26 Å². The number of rotatable bonds is 5. The van der Waals surface area contributed by atoms with Crippen LogP contribution in [0.4, 0.5) is 10.1 Å². The van der Waals surface area contributed by atoms with Gasteiger partial charge in [-0.3, -0.25) is 0 Å². The zero-order chi connectivity index (χ0) is 16.8. The number of benzene rings is 2. The fraction of sp³-hybridized carbons (Fsp3) is 0.263. The number of nitrogens with zero attached hydrogens (tertiary/aromatic N) is 3. The fourth-order valence-electron chi connectivity index (χ4n) is 2.34. The van der Waals surface area contributed by atoms with Crippen LogP contribution in [0.25, 0.3) is 0 Å². The van der Waals surface area contributed by atoms with E-state index in [2.05, 4.69) is 11.1 Å². The van der Waals surface area contributed by atoms with Crippen molar-refractivity contribution in [2.75, 3.05) is 13.6 Å². The minimum absolute atomic E-state index is 0.258. The smallest absolute Gasteiger partial charge is 0.123 e. The Labute approximate surface area is 136 Å². The number of nitriles is 1. The van der Waals surface area contributed by atoms with Gasteiger partial charge in [0.1, 0.15) is 5.82 Å². The Morgan fingerprint density at radius 2 is 2.09 bits per heavy atom. The molecule has 0 saturated heterocycles. The SMILES string of the molecule is CCN(C)C=Nc1c(C)cc(C#N)cc1Cc1cccc(F)c1. The van der Waals surface area contributed by atoms with Crippen molar-refractivity contribution >= 4 is 12.0 Å². The van der Waals surface area contributed by atoms with Gasteiger partial charge in [0, 0.05) is 13.6 Å². The normalized spacial score (nSPS) is 10.7. The van der Waals surface area contributed by atoms with E-state index in [1.165, 1.54) is 12.1 Å². The summed E-state index contributed by atoms with van der Waals surface area (Å²) in [5, 5.41) is 9.19. The highest BCUT2D eigenvalue weighted by Crippen LogP contribution is 2.28. The van der Waals surface area contributed by atoms with Crippen LogP contribution in [0.5, 0.6) is 0 Å². The predicted molar refractivity (Wildman–Crippen MR) is 91.6 cm³/mol. The minimum atomic E-state index is -0.258. The Bertz CT molecular complexity index is 760. The Morgan fingerprint density at radius 1 is 1.30 bits per heavy atom. The van der Waals surface area contributed by atoms with E-state index in [-0.39, 0.29) is 5.82 Å². The van der Waals surface area contributed by atoms with Gasteiger partial charge in [0.05, 0.1) is 23.7 Å². The van der Waals surface area contributed by atoms with E-state index in [1.807, 2.05) is 44.0 Å². The maximum Gasteiger partial charge on any atom is 0.123 e. The number of hydrogen-bond donors (Lipinski definition) is 0. The number of hydrogen-bond acceptors (Lipinski definition) is 2. The van der Waals surface area contributed by atoms with Gasteiger partial charge < -0.3 is 4.90 Å². The van der Waals surface area contributed by atoms with Crippen molar-refractivity contribution in [3.63, 3.8) is 0 Å². The monoisotopic (exact) mass is 309 g/mol. The van der Waals surface area contributed by atoms with Crippen molar-refractivity contribution < 1.29 is 4.39 Å².